The molecule has 0 nitrogen and oxygen atoms in total. The first-order valence-corrected chi connectivity index (χ1v) is 6.78. The van der Waals surface area contributed by atoms with E-state index >= 15 is 0 Å². The fourth-order valence-electron chi connectivity index (χ4n) is 1.65. The van der Waals surface area contributed by atoms with Gasteiger partial charge in [0, 0.05) is 0 Å². The minimum atomic E-state index is 0.812. The first kappa shape index (κ1) is 14.7. The van der Waals surface area contributed by atoms with Crippen molar-refractivity contribution in [2.75, 3.05) is 0 Å². The molecule has 15 heavy (non-hydrogen) atoms. The normalized spacial score (nSPS) is 12.1. The molecule has 0 amide bonds. The number of hydrogen-bond donors (Lipinski definition) is 0. The van der Waals surface area contributed by atoms with E-state index in [1.54, 1.807) is 0 Å². The first-order valence-electron chi connectivity index (χ1n) is 6.78. The van der Waals surface area contributed by atoms with Gasteiger partial charge in [-0.25, -0.2) is 0 Å². The molecule has 0 atom stereocenters. The van der Waals surface area contributed by atoms with Gasteiger partial charge in [0.2, 0.25) is 0 Å². The van der Waals surface area contributed by atoms with E-state index in [0.29, 0.717) is 0 Å². The van der Waals surface area contributed by atoms with Crippen molar-refractivity contribution >= 4 is 0 Å². The summed E-state index contributed by atoms with van der Waals surface area (Å²) in [5.74, 6) is 1.70. The van der Waals surface area contributed by atoms with Crippen molar-refractivity contribution in [2.45, 2.75) is 72.6 Å². The van der Waals surface area contributed by atoms with E-state index in [9.17, 15) is 0 Å². The van der Waals surface area contributed by atoms with Crippen LogP contribution in [-0.4, -0.2) is 0 Å². The predicted octanol–water partition coefficient (Wildman–Crippen LogP) is 5.59. The quantitative estimate of drug-likeness (QED) is 0.344. The van der Waals surface area contributed by atoms with Gasteiger partial charge in [0.15, 0.2) is 0 Å². The summed E-state index contributed by atoms with van der Waals surface area (Å²) in [5.41, 5.74) is 0. The maximum atomic E-state index is 2.36. The topological polar surface area (TPSA) is 0 Å². The summed E-state index contributed by atoms with van der Waals surface area (Å²) in [5, 5.41) is 0. The highest BCUT2D eigenvalue weighted by atomic mass is 14.0. The van der Waals surface area contributed by atoms with Crippen molar-refractivity contribution in [3.8, 4) is 0 Å². The van der Waals surface area contributed by atoms with E-state index < -0.39 is 0 Å². The molecule has 0 heteroatoms. The van der Waals surface area contributed by atoms with Crippen molar-refractivity contribution in [3.63, 3.8) is 0 Å². The lowest BCUT2D eigenvalue weighted by Crippen LogP contribution is -1.86. The molecule has 0 N–H and O–H groups in total. The van der Waals surface area contributed by atoms with Gasteiger partial charge < -0.3 is 0 Å². The highest BCUT2D eigenvalue weighted by Gasteiger charge is 1.93. The molecule has 0 aliphatic rings. The molecule has 0 saturated carbocycles. The number of allylic oxidation sites excluding steroid dienone is 2. The lowest BCUT2D eigenvalue weighted by atomic mass is 10.0. The van der Waals surface area contributed by atoms with Crippen LogP contribution in [0.1, 0.15) is 72.6 Å². The molecule has 0 rings (SSSR count). The maximum Gasteiger partial charge on any atom is -0.0327 e. The summed E-state index contributed by atoms with van der Waals surface area (Å²) in [7, 11) is 0. The fourth-order valence-corrected chi connectivity index (χ4v) is 1.65. The molecule has 0 spiro atoms. The van der Waals surface area contributed by atoms with Gasteiger partial charge in [-0.15, -0.1) is 0 Å². The minimum Gasteiger partial charge on any atom is -0.0885 e. The molecule has 90 valence electrons. The van der Waals surface area contributed by atoms with Crippen LogP contribution in [0.15, 0.2) is 12.2 Å². The van der Waals surface area contributed by atoms with Crippen LogP contribution in [0.25, 0.3) is 0 Å². The minimum absolute atomic E-state index is 0.812. The number of unbranched alkanes of at least 4 members (excludes halogenated alkanes) is 4. The Bertz CT molecular complexity index is 142. The van der Waals surface area contributed by atoms with Crippen molar-refractivity contribution in [3.05, 3.63) is 12.2 Å². The van der Waals surface area contributed by atoms with Crippen LogP contribution in [0.4, 0.5) is 0 Å². The van der Waals surface area contributed by atoms with Gasteiger partial charge >= 0.3 is 0 Å². The SMILES string of the molecule is CC(C)C/C=C/CCCCCCC(C)C. The average Bonchev–Trinajstić information content (AvgIpc) is 2.14. The second-order valence-electron chi connectivity index (χ2n) is 5.49. The maximum absolute atomic E-state index is 2.36. The van der Waals surface area contributed by atoms with Crippen LogP contribution in [0, 0.1) is 11.8 Å². The van der Waals surface area contributed by atoms with Gasteiger partial charge in [-0.1, -0.05) is 65.5 Å². The average molecular weight is 210 g/mol. The Balaban J connectivity index is 3.08. The van der Waals surface area contributed by atoms with Crippen molar-refractivity contribution in [1.82, 2.24) is 0 Å². The van der Waals surface area contributed by atoms with E-state index in [1.165, 1.54) is 44.9 Å². The Kier molecular flexibility index (Phi) is 10.1. The Hall–Kier alpha value is -0.260. The Morgan fingerprint density at radius 1 is 0.733 bits per heavy atom. The fraction of sp³-hybridized carbons (Fsp3) is 0.867. The largest absolute Gasteiger partial charge is 0.0885 e. The Morgan fingerprint density at radius 2 is 1.40 bits per heavy atom. The van der Waals surface area contributed by atoms with Crippen molar-refractivity contribution < 1.29 is 0 Å². The zero-order chi connectivity index (χ0) is 11.5. The third-order valence-corrected chi connectivity index (χ3v) is 2.68. The van der Waals surface area contributed by atoms with E-state index in [1.807, 2.05) is 0 Å². The van der Waals surface area contributed by atoms with E-state index in [0.717, 1.165) is 11.8 Å². The molecular weight excluding hydrogens is 180 g/mol. The van der Waals surface area contributed by atoms with Crippen LogP contribution < -0.4 is 0 Å². The standard InChI is InChI=1S/C15H30/c1-14(2)12-10-8-6-5-7-9-11-13-15(3)4/h8,10,14-15H,5-7,9,11-13H2,1-4H3/b10-8+. The van der Waals surface area contributed by atoms with E-state index in [-0.39, 0.29) is 0 Å². The summed E-state index contributed by atoms with van der Waals surface area (Å²) in [6.45, 7) is 9.18. The number of rotatable bonds is 9. The van der Waals surface area contributed by atoms with Crippen LogP contribution in [-0.2, 0) is 0 Å². The molecular formula is C15H30. The van der Waals surface area contributed by atoms with Gasteiger partial charge in [0.25, 0.3) is 0 Å². The molecule has 0 fully saturated rings. The smallest absolute Gasteiger partial charge is 0.0327 e. The lowest BCUT2D eigenvalue weighted by Gasteiger charge is -2.03. The van der Waals surface area contributed by atoms with Crippen LogP contribution >= 0.6 is 0 Å². The molecule has 0 aliphatic carbocycles. The zero-order valence-electron chi connectivity index (χ0n) is 11.3. The monoisotopic (exact) mass is 210 g/mol. The molecule has 0 heterocycles. The molecule has 0 saturated heterocycles. The highest BCUT2D eigenvalue weighted by Crippen LogP contribution is 2.11. The summed E-state index contributed by atoms with van der Waals surface area (Å²) in [4.78, 5) is 0. The van der Waals surface area contributed by atoms with E-state index in [4.69, 9.17) is 0 Å². The lowest BCUT2D eigenvalue weighted by molar-refractivity contribution is 0.521. The van der Waals surface area contributed by atoms with Crippen LogP contribution in [0.3, 0.4) is 0 Å². The second kappa shape index (κ2) is 10.3. The Morgan fingerprint density at radius 3 is 2.00 bits per heavy atom. The van der Waals surface area contributed by atoms with Crippen LogP contribution in [0.2, 0.25) is 0 Å². The molecule has 0 aromatic rings. The van der Waals surface area contributed by atoms with Crippen molar-refractivity contribution in [2.24, 2.45) is 11.8 Å². The Labute approximate surface area is 97.2 Å². The second-order valence-corrected chi connectivity index (χ2v) is 5.49. The highest BCUT2D eigenvalue weighted by molar-refractivity contribution is 4.82. The molecule has 0 aromatic carbocycles. The van der Waals surface area contributed by atoms with Gasteiger partial charge in [-0.05, 0) is 31.1 Å². The third-order valence-electron chi connectivity index (χ3n) is 2.68. The molecule has 0 aromatic heterocycles. The molecule has 0 aliphatic heterocycles. The van der Waals surface area contributed by atoms with Gasteiger partial charge in [-0.2, -0.15) is 0 Å². The van der Waals surface area contributed by atoms with Crippen LogP contribution in [0.5, 0.6) is 0 Å². The van der Waals surface area contributed by atoms with E-state index in [2.05, 4.69) is 39.8 Å². The van der Waals surface area contributed by atoms with Gasteiger partial charge in [-0.3, -0.25) is 0 Å². The first-order chi connectivity index (χ1) is 7.13. The summed E-state index contributed by atoms with van der Waals surface area (Å²) in [6.07, 6.45) is 14.3. The van der Waals surface area contributed by atoms with Gasteiger partial charge in [0.1, 0.15) is 0 Å². The summed E-state index contributed by atoms with van der Waals surface area (Å²) < 4.78 is 0. The summed E-state index contributed by atoms with van der Waals surface area (Å²) in [6, 6.07) is 0. The molecule has 0 radical (unpaired) electrons. The predicted molar refractivity (Wildman–Crippen MR) is 71.1 cm³/mol. The van der Waals surface area contributed by atoms with Crippen molar-refractivity contribution in [1.29, 1.82) is 0 Å². The number of hydrogen-bond acceptors (Lipinski definition) is 0. The third kappa shape index (κ3) is 13.7. The zero-order valence-corrected chi connectivity index (χ0v) is 11.3. The summed E-state index contributed by atoms with van der Waals surface area (Å²) >= 11 is 0. The molecule has 0 unspecified atom stereocenters. The van der Waals surface area contributed by atoms with Gasteiger partial charge in [0.05, 0.1) is 0 Å². The molecule has 0 bridgehead atoms.